The molecule has 29 heavy (non-hydrogen) atoms. The van der Waals surface area contributed by atoms with E-state index >= 15 is 0 Å². The minimum absolute atomic E-state index is 0.121. The fourth-order valence-corrected chi connectivity index (χ4v) is 6.50. The largest absolute Gasteiger partial charge is 0.393 e. The summed E-state index contributed by atoms with van der Waals surface area (Å²) < 4.78 is 0. The number of aliphatic hydroxyl groups excluding tert-OH is 1. The van der Waals surface area contributed by atoms with Crippen molar-refractivity contribution in [1.82, 2.24) is 0 Å². The maximum atomic E-state index is 10.1. The molecular formula is C28H46O. The summed E-state index contributed by atoms with van der Waals surface area (Å²) in [6, 6.07) is 0. The van der Waals surface area contributed by atoms with E-state index in [4.69, 9.17) is 0 Å². The van der Waals surface area contributed by atoms with Crippen molar-refractivity contribution in [1.29, 1.82) is 0 Å². The summed E-state index contributed by atoms with van der Waals surface area (Å²) in [6.45, 7) is 14.4. The van der Waals surface area contributed by atoms with Crippen LogP contribution >= 0.6 is 0 Å². The number of rotatable bonds is 5. The highest BCUT2D eigenvalue weighted by atomic mass is 16.3. The predicted molar refractivity (Wildman–Crippen MR) is 126 cm³/mol. The van der Waals surface area contributed by atoms with Crippen molar-refractivity contribution in [3.05, 3.63) is 35.5 Å². The number of hydrogen-bond donors (Lipinski definition) is 1. The number of hydrogen-bond acceptors (Lipinski definition) is 1. The highest BCUT2D eigenvalue weighted by Gasteiger charge is 2.50. The van der Waals surface area contributed by atoms with E-state index in [0.717, 1.165) is 37.0 Å². The fraction of sp³-hybridized carbons (Fsp3) is 0.786. The zero-order valence-corrected chi connectivity index (χ0v) is 20.0. The van der Waals surface area contributed by atoms with Gasteiger partial charge in [-0.2, -0.15) is 0 Å². The van der Waals surface area contributed by atoms with E-state index in [1.807, 2.05) is 0 Å². The molecule has 0 aromatic rings. The van der Waals surface area contributed by atoms with Gasteiger partial charge in [-0.05, 0) is 92.3 Å². The van der Waals surface area contributed by atoms with Gasteiger partial charge in [-0.3, -0.25) is 0 Å². The molecule has 1 nitrogen and oxygen atoms in total. The molecule has 3 aliphatic rings. The average Bonchev–Trinajstić information content (AvgIpc) is 3.04. The van der Waals surface area contributed by atoms with Crippen molar-refractivity contribution in [2.45, 2.75) is 99.0 Å². The van der Waals surface area contributed by atoms with Crippen LogP contribution in [0.4, 0.5) is 0 Å². The van der Waals surface area contributed by atoms with Crippen molar-refractivity contribution < 1.29 is 5.11 Å². The lowest BCUT2D eigenvalue weighted by atomic mass is 9.61. The van der Waals surface area contributed by atoms with Crippen molar-refractivity contribution >= 4 is 0 Å². The van der Waals surface area contributed by atoms with Gasteiger partial charge >= 0.3 is 0 Å². The first-order valence-corrected chi connectivity index (χ1v) is 12.5. The summed E-state index contributed by atoms with van der Waals surface area (Å²) in [7, 11) is 0. The smallest absolute Gasteiger partial charge is 0.0577 e. The van der Waals surface area contributed by atoms with E-state index in [2.05, 4.69) is 65.8 Å². The lowest BCUT2D eigenvalue weighted by Crippen LogP contribution is -2.35. The predicted octanol–water partition coefficient (Wildman–Crippen LogP) is 7.72. The van der Waals surface area contributed by atoms with Crippen LogP contribution in [0.2, 0.25) is 0 Å². The molecule has 3 rings (SSSR count). The first-order chi connectivity index (χ1) is 13.7. The molecule has 3 saturated carbocycles. The van der Waals surface area contributed by atoms with Gasteiger partial charge in [0.25, 0.3) is 0 Å². The van der Waals surface area contributed by atoms with E-state index in [1.165, 1.54) is 37.7 Å². The molecule has 1 heteroatoms. The third kappa shape index (κ3) is 5.09. The second kappa shape index (κ2) is 9.54. The van der Waals surface area contributed by atoms with Crippen LogP contribution < -0.4 is 0 Å². The van der Waals surface area contributed by atoms with Crippen molar-refractivity contribution in [2.24, 2.45) is 40.9 Å². The molecule has 0 aromatic carbocycles. The highest BCUT2D eigenvalue weighted by molar-refractivity contribution is 5.27. The Morgan fingerprint density at radius 3 is 2.41 bits per heavy atom. The van der Waals surface area contributed by atoms with E-state index in [1.54, 1.807) is 5.57 Å². The minimum atomic E-state index is -0.121. The molecule has 3 aliphatic carbocycles. The van der Waals surface area contributed by atoms with Gasteiger partial charge in [0.2, 0.25) is 0 Å². The molecule has 0 saturated heterocycles. The lowest BCUT2D eigenvalue weighted by Gasteiger charge is -2.44. The van der Waals surface area contributed by atoms with Gasteiger partial charge in [-0.25, -0.2) is 0 Å². The van der Waals surface area contributed by atoms with Crippen LogP contribution in [0.1, 0.15) is 92.9 Å². The van der Waals surface area contributed by atoms with Crippen LogP contribution in [0.5, 0.6) is 0 Å². The molecule has 164 valence electrons. The van der Waals surface area contributed by atoms with Crippen LogP contribution in [-0.2, 0) is 0 Å². The maximum Gasteiger partial charge on any atom is 0.0577 e. The zero-order chi connectivity index (χ0) is 21.2. The number of allylic oxidation sites excluding steroid dienone is 5. The van der Waals surface area contributed by atoms with Crippen LogP contribution in [0.3, 0.4) is 0 Å². The Bertz CT molecular complexity index is 639. The summed E-state index contributed by atoms with van der Waals surface area (Å²) in [5.74, 6) is 4.29. The van der Waals surface area contributed by atoms with Gasteiger partial charge in [0.1, 0.15) is 0 Å². The highest BCUT2D eigenvalue weighted by Crippen LogP contribution is 2.59. The molecule has 3 fully saturated rings. The number of aliphatic hydroxyl groups is 1. The van der Waals surface area contributed by atoms with Crippen LogP contribution in [0.25, 0.3) is 0 Å². The summed E-state index contributed by atoms with van der Waals surface area (Å²) >= 11 is 0. The monoisotopic (exact) mass is 398 g/mol. The molecule has 0 unspecified atom stereocenters. The van der Waals surface area contributed by atoms with Crippen molar-refractivity contribution in [2.75, 3.05) is 0 Å². The van der Waals surface area contributed by atoms with E-state index < -0.39 is 0 Å². The molecule has 0 amide bonds. The Kier molecular flexibility index (Phi) is 7.52. The molecule has 0 aliphatic heterocycles. The van der Waals surface area contributed by atoms with Gasteiger partial charge in [0, 0.05) is 0 Å². The van der Waals surface area contributed by atoms with Crippen LogP contribution in [0, 0.1) is 40.9 Å². The molecule has 0 aromatic heterocycles. The third-order valence-corrected chi connectivity index (χ3v) is 8.99. The molecule has 0 radical (unpaired) electrons. The Hall–Kier alpha value is -0.820. The molecule has 0 heterocycles. The van der Waals surface area contributed by atoms with Crippen molar-refractivity contribution in [3.8, 4) is 0 Å². The molecule has 0 bridgehead atoms. The first-order valence-electron chi connectivity index (χ1n) is 12.5. The molecule has 1 N–H and O–H groups in total. The standard InChI is InChI=1S/C28H46O/c1-19(2)20(3)9-10-22(5)26-15-16-27-23(8-7-17-28(26,27)6)12-13-24-18-25(29)14-11-21(24)4/h9-10,12-13,19-22,25-27,29H,7-8,11,14-18H2,1-6H3/b10-9+,23-12+,24-13-/t20-,21-,22+,25+,26+,27-,28-/m1/s1. The SMILES string of the molecule is CC(C)[C@H](C)/C=C/[C@H](C)[C@@H]1CC[C@@H]2/C(=C/C=C3/C[C@@H](O)CC[C@H]3C)CCC[C@@]21C. The molecule has 0 spiro atoms. The maximum absolute atomic E-state index is 10.1. The van der Waals surface area contributed by atoms with Gasteiger partial charge in [0.15, 0.2) is 0 Å². The Balaban J connectivity index is 1.74. The van der Waals surface area contributed by atoms with Crippen molar-refractivity contribution in [3.63, 3.8) is 0 Å². The topological polar surface area (TPSA) is 20.2 Å². The van der Waals surface area contributed by atoms with Crippen LogP contribution in [-0.4, -0.2) is 11.2 Å². The second-order valence-electron chi connectivity index (χ2n) is 11.3. The van der Waals surface area contributed by atoms with Gasteiger partial charge in [0.05, 0.1) is 6.10 Å². The number of fused-ring (bicyclic) bond motifs is 1. The molecule has 7 atom stereocenters. The summed E-state index contributed by atoms with van der Waals surface area (Å²) in [5.41, 5.74) is 3.63. The van der Waals surface area contributed by atoms with E-state index in [0.29, 0.717) is 23.2 Å². The van der Waals surface area contributed by atoms with Gasteiger partial charge in [-0.15, -0.1) is 0 Å². The fourth-order valence-electron chi connectivity index (χ4n) is 6.50. The summed E-state index contributed by atoms with van der Waals surface area (Å²) in [6.07, 6.45) is 19.5. The Labute approximate surface area is 180 Å². The summed E-state index contributed by atoms with van der Waals surface area (Å²) in [5, 5.41) is 10.1. The normalized spacial score (nSPS) is 40.7. The zero-order valence-electron chi connectivity index (χ0n) is 20.0. The van der Waals surface area contributed by atoms with E-state index in [-0.39, 0.29) is 6.10 Å². The van der Waals surface area contributed by atoms with E-state index in [9.17, 15) is 5.11 Å². The van der Waals surface area contributed by atoms with Gasteiger partial charge in [-0.1, -0.05) is 77.0 Å². The quantitative estimate of drug-likeness (QED) is 0.470. The minimum Gasteiger partial charge on any atom is -0.393 e. The molecular weight excluding hydrogens is 352 g/mol. The van der Waals surface area contributed by atoms with Gasteiger partial charge < -0.3 is 5.11 Å². The second-order valence-corrected chi connectivity index (χ2v) is 11.3. The summed E-state index contributed by atoms with van der Waals surface area (Å²) in [4.78, 5) is 0. The lowest BCUT2D eigenvalue weighted by molar-refractivity contribution is 0.112. The van der Waals surface area contributed by atoms with Crippen LogP contribution in [0.15, 0.2) is 35.5 Å². The Morgan fingerprint density at radius 2 is 1.69 bits per heavy atom. The Morgan fingerprint density at radius 1 is 0.966 bits per heavy atom. The average molecular weight is 399 g/mol. The first kappa shape index (κ1) is 22.9. The third-order valence-electron chi connectivity index (χ3n) is 8.99.